The minimum absolute atomic E-state index is 0.0291. The normalized spacial score (nSPS) is 10.3. The lowest BCUT2D eigenvalue weighted by atomic mass is 10.2. The van der Waals surface area contributed by atoms with Gasteiger partial charge in [0.25, 0.3) is 0 Å². The maximum atomic E-state index is 12.3. The van der Waals surface area contributed by atoms with Crippen LogP contribution in [0.25, 0.3) is 0 Å². The number of halogens is 1. The molecular formula is C18H19BrN2O2. The Morgan fingerprint density at radius 3 is 2.22 bits per heavy atom. The second-order valence-electron chi connectivity index (χ2n) is 5.47. The number of benzene rings is 2. The molecule has 0 aliphatic heterocycles. The zero-order valence-corrected chi connectivity index (χ0v) is 15.0. The molecule has 1 N–H and O–H groups in total. The Labute approximate surface area is 144 Å². The van der Waals surface area contributed by atoms with Crippen LogP contribution < -0.4 is 10.2 Å². The van der Waals surface area contributed by atoms with Crippen LogP contribution in [-0.2, 0) is 9.59 Å². The summed E-state index contributed by atoms with van der Waals surface area (Å²) in [4.78, 5) is 25.6. The maximum Gasteiger partial charge on any atom is 0.244 e. The van der Waals surface area contributed by atoms with E-state index in [1.165, 1.54) is 11.8 Å². The molecule has 0 spiro atoms. The molecule has 23 heavy (non-hydrogen) atoms. The molecule has 2 rings (SSSR count). The van der Waals surface area contributed by atoms with Crippen LogP contribution in [0.1, 0.15) is 18.1 Å². The van der Waals surface area contributed by atoms with E-state index in [-0.39, 0.29) is 18.4 Å². The minimum atomic E-state index is -0.245. The topological polar surface area (TPSA) is 49.4 Å². The van der Waals surface area contributed by atoms with Crippen molar-refractivity contribution < 1.29 is 9.59 Å². The first-order valence-electron chi connectivity index (χ1n) is 7.27. The molecule has 0 aliphatic rings. The third-order valence-electron chi connectivity index (χ3n) is 3.43. The van der Waals surface area contributed by atoms with Crippen LogP contribution >= 0.6 is 15.9 Å². The molecule has 2 aromatic rings. The van der Waals surface area contributed by atoms with Gasteiger partial charge in [-0.3, -0.25) is 9.59 Å². The number of hydrogen-bond donors (Lipinski definition) is 1. The van der Waals surface area contributed by atoms with Gasteiger partial charge in [0.15, 0.2) is 0 Å². The number of rotatable bonds is 4. The summed E-state index contributed by atoms with van der Waals surface area (Å²) in [5, 5.41) is 2.82. The van der Waals surface area contributed by atoms with Gasteiger partial charge in [0.05, 0.1) is 5.69 Å². The highest BCUT2D eigenvalue weighted by Gasteiger charge is 2.16. The summed E-state index contributed by atoms with van der Waals surface area (Å²) in [6.45, 7) is 5.38. The number of aryl methyl sites for hydroxylation is 2. The molecule has 0 fully saturated rings. The minimum Gasteiger partial charge on any atom is -0.324 e. The maximum absolute atomic E-state index is 12.3. The number of amides is 2. The molecule has 0 aromatic heterocycles. The van der Waals surface area contributed by atoms with Crippen LogP contribution in [0, 0.1) is 13.8 Å². The summed E-state index contributed by atoms with van der Waals surface area (Å²) in [5.74, 6) is -0.419. The lowest BCUT2D eigenvalue weighted by molar-refractivity contribution is -0.120. The highest BCUT2D eigenvalue weighted by atomic mass is 79.9. The number of nitrogens with zero attached hydrogens (tertiary/aromatic N) is 1. The average molecular weight is 375 g/mol. The first-order valence-corrected chi connectivity index (χ1v) is 8.07. The molecule has 2 amide bonds. The predicted molar refractivity (Wildman–Crippen MR) is 96.7 cm³/mol. The fourth-order valence-corrected chi connectivity index (χ4v) is 2.76. The van der Waals surface area contributed by atoms with Gasteiger partial charge in [0.2, 0.25) is 11.8 Å². The Bertz CT molecular complexity index is 726. The van der Waals surface area contributed by atoms with Gasteiger partial charge in [-0.2, -0.15) is 0 Å². The third kappa shape index (κ3) is 4.66. The standard InChI is InChI=1S/C18H19BrN2O2/c1-12-4-7-15(8-5-12)21(14(3)22)11-18(23)20-17-9-6-13(2)10-16(17)19/h4-10H,11H2,1-3H3,(H,20,23). The van der Waals surface area contributed by atoms with Gasteiger partial charge in [-0.15, -0.1) is 0 Å². The number of anilines is 2. The molecule has 0 saturated carbocycles. The zero-order chi connectivity index (χ0) is 17.0. The summed E-state index contributed by atoms with van der Waals surface area (Å²) in [6, 6.07) is 13.2. The van der Waals surface area contributed by atoms with E-state index in [1.807, 2.05) is 56.3 Å². The van der Waals surface area contributed by atoms with Crippen LogP contribution in [0.2, 0.25) is 0 Å². The van der Waals surface area contributed by atoms with E-state index in [1.54, 1.807) is 0 Å². The van der Waals surface area contributed by atoms with Crippen molar-refractivity contribution in [3.63, 3.8) is 0 Å². The smallest absolute Gasteiger partial charge is 0.244 e. The summed E-state index contributed by atoms with van der Waals surface area (Å²) in [5.41, 5.74) is 3.60. The van der Waals surface area contributed by atoms with Crippen molar-refractivity contribution in [2.45, 2.75) is 20.8 Å². The summed E-state index contributed by atoms with van der Waals surface area (Å²) >= 11 is 3.43. The van der Waals surface area contributed by atoms with Crippen molar-refractivity contribution in [1.29, 1.82) is 0 Å². The van der Waals surface area contributed by atoms with E-state index in [4.69, 9.17) is 0 Å². The van der Waals surface area contributed by atoms with Gasteiger partial charge in [-0.05, 0) is 59.6 Å². The molecule has 120 valence electrons. The number of carbonyl (C=O) groups excluding carboxylic acids is 2. The SMILES string of the molecule is CC(=O)N(CC(=O)Nc1ccc(C)cc1Br)c1ccc(C)cc1. The van der Waals surface area contributed by atoms with Crippen LogP contribution in [0.15, 0.2) is 46.9 Å². The molecular weight excluding hydrogens is 356 g/mol. The fraction of sp³-hybridized carbons (Fsp3) is 0.222. The summed E-state index contributed by atoms with van der Waals surface area (Å²) in [7, 11) is 0. The predicted octanol–water partition coefficient (Wildman–Crippen LogP) is 4.06. The van der Waals surface area contributed by atoms with Gasteiger partial charge in [0, 0.05) is 17.1 Å². The Balaban J connectivity index is 2.12. The second kappa shape index (κ2) is 7.42. The number of nitrogens with one attached hydrogen (secondary N) is 1. The quantitative estimate of drug-likeness (QED) is 0.876. The highest BCUT2D eigenvalue weighted by Crippen LogP contribution is 2.23. The molecule has 0 saturated heterocycles. The Morgan fingerprint density at radius 2 is 1.65 bits per heavy atom. The van der Waals surface area contributed by atoms with E-state index in [0.717, 1.165) is 15.6 Å². The first kappa shape index (κ1) is 17.2. The molecule has 0 unspecified atom stereocenters. The van der Waals surface area contributed by atoms with Crippen molar-refractivity contribution in [2.24, 2.45) is 0 Å². The van der Waals surface area contributed by atoms with Gasteiger partial charge in [-0.1, -0.05) is 23.8 Å². The number of hydrogen-bond acceptors (Lipinski definition) is 2. The molecule has 5 heteroatoms. The van der Waals surface area contributed by atoms with E-state index in [2.05, 4.69) is 21.2 Å². The molecule has 0 aliphatic carbocycles. The van der Waals surface area contributed by atoms with Crippen molar-refractivity contribution >= 4 is 39.1 Å². The second-order valence-corrected chi connectivity index (χ2v) is 6.33. The summed E-state index contributed by atoms with van der Waals surface area (Å²) < 4.78 is 0.815. The van der Waals surface area contributed by atoms with Crippen molar-refractivity contribution in [1.82, 2.24) is 0 Å². The van der Waals surface area contributed by atoms with Crippen LogP contribution in [0.5, 0.6) is 0 Å². The van der Waals surface area contributed by atoms with E-state index in [0.29, 0.717) is 11.4 Å². The van der Waals surface area contributed by atoms with Crippen molar-refractivity contribution in [2.75, 3.05) is 16.8 Å². The molecule has 0 heterocycles. The van der Waals surface area contributed by atoms with E-state index in [9.17, 15) is 9.59 Å². The lowest BCUT2D eigenvalue weighted by Gasteiger charge is -2.21. The van der Waals surface area contributed by atoms with E-state index < -0.39 is 0 Å². The molecule has 0 bridgehead atoms. The lowest BCUT2D eigenvalue weighted by Crippen LogP contribution is -2.36. The number of carbonyl (C=O) groups is 2. The molecule has 2 aromatic carbocycles. The first-order chi connectivity index (χ1) is 10.9. The fourth-order valence-electron chi connectivity index (χ4n) is 2.16. The third-order valence-corrected chi connectivity index (χ3v) is 4.08. The Hall–Kier alpha value is -2.14. The van der Waals surface area contributed by atoms with Gasteiger partial charge in [-0.25, -0.2) is 0 Å². The van der Waals surface area contributed by atoms with Gasteiger partial charge in [0.1, 0.15) is 6.54 Å². The van der Waals surface area contributed by atoms with Crippen LogP contribution in [0.3, 0.4) is 0 Å². The zero-order valence-electron chi connectivity index (χ0n) is 13.4. The molecule has 0 atom stereocenters. The molecule has 4 nitrogen and oxygen atoms in total. The Morgan fingerprint density at radius 1 is 1.04 bits per heavy atom. The Kier molecular flexibility index (Phi) is 5.55. The monoisotopic (exact) mass is 374 g/mol. The van der Waals surface area contributed by atoms with E-state index >= 15 is 0 Å². The van der Waals surface area contributed by atoms with Gasteiger partial charge >= 0.3 is 0 Å². The van der Waals surface area contributed by atoms with Crippen molar-refractivity contribution in [3.8, 4) is 0 Å². The van der Waals surface area contributed by atoms with Crippen molar-refractivity contribution in [3.05, 3.63) is 58.1 Å². The average Bonchev–Trinajstić information content (AvgIpc) is 2.48. The largest absolute Gasteiger partial charge is 0.324 e. The molecule has 0 radical (unpaired) electrons. The summed E-state index contributed by atoms with van der Waals surface area (Å²) in [6.07, 6.45) is 0. The van der Waals surface area contributed by atoms with Crippen LogP contribution in [-0.4, -0.2) is 18.4 Å². The highest BCUT2D eigenvalue weighted by molar-refractivity contribution is 9.10. The van der Waals surface area contributed by atoms with Gasteiger partial charge < -0.3 is 10.2 Å². The van der Waals surface area contributed by atoms with Crippen LogP contribution in [0.4, 0.5) is 11.4 Å².